The number of halogens is 1. The summed E-state index contributed by atoms with van der Waals surface area (Å²) in [7, 11) is 0. The third-order valence-electron chi connectivity index (χ3n) is 4.61. The number of hydrogen-bond acceptors (Lipinski definition) is 5. The number of nitrogens with one attached hydrogen (secondary N) is 1. The van der Waals surface area contributed by atoms with E-state index >= 15 is 0 Å². The molecule has 8 nitrogen and oxygen atoms in total. The molecule has 4 aromatic rings. The summed E-state index contributed by atoms with van der Waals surface area (Å²) in [6.07, 6.45) is 0. The van der Waals surface area contributed by atoms with Crippen molar-refractivity contribution in [3.63, 3.8) is 0 Å². The maximum atomic E-state index is 12.8. The molecule has 0 fully saturated rings. The van der Waals surface area contributed by atoms with Crippen LogP contribution in [0.1, 0.15) is 10.5 Å². The van der Waals surface area contributed by atoms with Crippen LogP contribution in [-0.2, 0) is 11.3 Å². The Hall–Kier alpha value is -4.17. The Morgan fingerprint density at radius 3 is 2.28 bits per heavy atom. The van der Waals surface area contributed by atoms with Gasteiger partial charge in [-0.05, 0) is 30.3 Å². The van der Waals surface area contributed by atoms with Crippen molar-refractivity contribution in [1.29, 1.82) is 0 Å². The van der Waals surface area contributed by atoms with Crippen LogP contribution in [0.2, 0.25) is 5.02 Å². The summed E-state index contributed by atoms with van der Waals surface area (Å²) in [6.45, 7) is -0.426. The lowest BCUT2D eigenvalue weighted by molar-refractivity contribution is -0.117. The fourth-order valence-corrected chi connectivity index (χ4v) is 3.33. The van der Waals surface area contributed by atoms with Crippen LogP contribution >= 0.6 is 11.6 Å². The average Bonchev–Trinajstić information content (AvgIpc) is 2.78. The van der Waals surface area contributed by atoms with E-state index in [9.17, 15) is 14.4 Å². The highest BCUT2D eigenvalue weighted by molar-refractivity contribution is 6.32. The zero-order valence-corrected chi connectivity index (χ0v) is 17.4. The van der Waals surface area contributed by atoms with Crippen molar-refractivity contribution in [1.82, 2.24) is 9.78 Å². The Balaban J connectivity index is 1.61. The van der Waals surface area contributed by atoms with Gasteiger partial charge in [-0.15, -0.1) is 0 Å². The van der Waals surface area contributed by atoms with Gasteiger partial charge in [0.1, 0.15) is 12.3 Å². The van der Waals surface area contributed by atoms with Crippen LogP contribution in [-0.4, -0.2) is 21.6 Å². The molecule has 1 heterocycles. The monoisotopic (exact) mass is 448 g/mol. The van der Waals surface area contributed by atoms with Crippen molar-refractivity contribution in [3.8, 4) is 11.5 Å². The van der Waals surface area contributed by atoms with Crippen molar-refractivity contribution in [2.24, 2.45) is 5.73 Å². The van der Waals surface area contributed by atoms with Gasteiger partial charge in [-0.2, -0.15) is 5.10 Å². The molecule has 1 aromatic heterocycles. The Kier molecular flexibility index (Phi) is 5.87. The number of amides is 2. The average molecular weight is 449 g/mol. The van der Waals surface area contributed by atoms with Crippen LogP contribution in [0.3, 0.4) is 0 Å². The summed E-state index contributed by atoms with van der Waals surface area (Å²) in [4.78, 5) is 37.3. The topological polar surface area (TPSA) is 116 Å². The van der Waals surface area contributed by atoms with E-state index in [1.54, 1.807) is 72.8 Å². The molecule has 0 aliphatic heterocycles. The molecule has 3 aromatic carbocycles. The summed E-state index contributed by atoms with van der Waals surface area (Å²) in [5.41, 5.74) is 5.19. The van der Waals surface area contributed by atoms with Gasteiger partial charge in [-0.25, -0.2) is 4.68 Å². The van der Waals surface area contributed by atoms with E-state index in [0.29, 0.717) is 27.6 Å². The first-order valence-corrected chi connectivity index (χ1v) is 9.93. The number of carbonyl (C=O) groups excluding carboxylic acids is 2. The number of nitrogens with zero attached hydrogens (tertiary/aromatic N) is 2. The molecule has 0 bridgehead atoms. The second kappa shape index (κ2) is 8.91. The summed E-state index contributed by atoms with van der Waals surface area (Å²) in [6, 6.07) is 20.2. The first-order valence-electron chi connectivity index (χ1n) is 9.55. The quantitative estimate of drug-likeness (QED) is 0.467. The number of benzene rings is 3. The number of nitrogens with two attached hydrogens (primary N) is 1. The van der Waals surface area contributed by atoms with Crippen LogP contribution in [0.25, 0.3) is 10.8 Å². The third-order valence-corrected chi connectivity index (χ3v) is 4.92. The van der Waals surface area contributed by atoms with Gasteiger partial charge in [0.2, 0.25) is 5.91 Å². The number of fused-ring (bicyclic) bond motifs is 1. The zero-order chi connectivity index (χ0) is 22.7. The molecule has 0 aliphatic carbocycles. The fourth-order valence-electron chi connectivity index (χ4n) is 3.15. The van der Waals surface area contributed by atoms with Crippen molar-refractivity contribution in [2.75, 3.05) is 5.32 Å². The molecule has 0 radical (unpaired) electrons. The molecule has 0 aliphatic rings. The largest absolute Gasteiger partial charge is 0.454 e. The van der Waals surface area contributed by atoms with Gasteiger partial charge >= 0.3 is 0 Å². The number of para-hydroxylation sites is 3. The van der Waals surface area contributed by atoms with Crippen molar-refractivity contribution >= 4 is 39.9 Å². The van der Waals surface area contributed by atoms with Crippen molar-refractivity contribution in [3.05, 3.63) is 93.9 Å². The normalized spacial score (nSPS) is 10.7. The molecule has 3 N–H and O–H groups in total. The fraction of sp³-hybridized carbons (Fsp3) is 0.0435. The van der Waals surface area contributed by atoms with Crippen LogP contribution in [0.4, 0.5) is 5.69 Å². The van der Waals surface area contributed by atoms with Gasteiger partial charge < -0.3 is 15.8 Å². The van der Waals surface area contributed by atoms with Gasteiger partial charge in [0.15, 0.2) is 11.4 Å². The van der Waals surface area contributed by atoms with E-state index in [4.69, 9.17) is 22.1 Å². The Morgan fingerprint density at radius 2 is 1.56 bits per heavy atom. The van der Waals surface area contributed by atoms with Gasteiger partial charge in [-0.1, -0.05) is 54.1 Å². The highest BCUT2D eigenvalue weighted by atomic mass is 35.5. The van der Waals surface area contributed by atoms with Crippen LogP contribution in [0, 0.1) is 0 Å². The standard InChI is InChI=1S/C23H17ClN4O4/c24-16-9-3-5-11-18(16)32-19-12-6-4-10-17(19)26-20(29)13-28-23(31)15-8-2-1-7-14(15)21(27-28)22(25)30/h1-12H,13H2,(H2,25,30)(H,26,29). The van der Waals surface area contributed by atoms with Gasteiger partial charge in [0, 0.05) is 5.39 Å². The molecule has 9 heteroatoms. The second-order valence-corrected chi connectivity index (χ2v) is 7.21. The van der Waals surface area contributed by atoms with Gasteiger partial charge in [-0.3, -0.25) is 14.4 Å². The van der Waals surface area contributed by atoms with E-state index in [-0.39, 0.29) is 11.1 Å². The number of anilines is 1. The highest BCUT2D eigenvalue weighted by Crippen LogP contribution is 2.33. The smallest absolute Gasteiger partial charge is 0.275 e. The maximum absolute atomic E-state index is 12.8. The molecule has 32 heavy (non-hydrogen) atoms. The summed E-state index contributed by atoms with van der Waals surface area (Å²) < 4.78 is 6.74. The number of primary amides is 1. The first kappa shape index (κ1) is 21.1. The lowest BCUT2D eigenvalue weighted by atomic mass is 10.1. The van der Waals surface area contributed by atoms with Crippen molar-refractivity contribution in [2.45, 2.75) is 6.54 Å². The molecule has 0 unspecified atom stereocenters. The second-order valence-electron chi connectivity index (χ2n) is 6.80. The van der Waals surface area contributed by atoms with E-state index in [2.05, 4.69) is 10.4 Å². The lowest BCUT2D eigenvalue weighted by Gasteiger charge is -2.14. The van der Waals surface area contributed by atoms with Crippen LogP contribution in [0.5, 0.6) is 11.5 Å². The third kappa shape index (κ3) is 4.30. The molecule has 0 saturated carbocycles. The number of aromatic nitrogens is 2. The Labute approximate surface area is 187 Å². The van der Waals surface area contributed by atoms with Crippen LogP contribution < -0.4 is 21.3 Å². The molecule has 160 valence electrons. The maximum Gasteiger partial charge on any atom is 0.275 e. The number of rotatable bonds is 6. The van der Waals surface area contributed by atoms with E-state index < -0.39 is 23.9 Å². The molecule has 4 rings (SSSR count). The predicted octanol–water partition coefficient (Wildman–Crippen LogP) is 3.58. The molecule has 2 amide bonds. The Morgan fingerprint density at radius 1 is 0.938 bits per heavy atom. The minimum Gasteiger partial charge on any atom is -0.454 e. The lowest BCUT2D eigenvalue weighted by Crippen LogP contribution is -2.32. The van der Waals surface area contributed by atoms with E-state index in [1.807, 2.05) is 0 Å². The molecule has 0 atom stereocenters. The van der Waals surface area contributed by atoms with Gasteiger partial charge in [0.05, 0.1) is 16.1 Å². The van der Waals surface area contributed by atoms with E-state index in [0.717, 1.165) is 4.68 Å². The molecule has 0 spiro atoms. The number of hydrogen-bond donors (Lipinski definition) is 2. The Bertz CT molecular complexity index is 1400. The molecular weight excluding hydrogens is 432 g/mol. The highest BCUT2D eigenvalue weighted by Gasteiger charge is 2.17. The van der Waals surface area contributed by atoms with Gasteiger partial charge in [0.25, 0.3) is 11.5 Å². The molecule has 0 saturated heterocycles. The van der Waals surface area contributed by atoms with Crippen molar-refractivity contribution < 1.29 is 14.3 Å². The minimum absolute atomic E-state index is 0.0875. The number of ether oxygens (including phenoxy) is 1. The summed E-state index contributed by atoms with van der Waals surface area (Å²) in [5, 5.41) is 7.70. The van der Waals surface area contributed by atoms with E-state index in [1.165, 1.54) is 0 Å². The summed E-state index contributed by atoms with van der Waals surface area (Å²) in [5.74, 6) is -0.547. The van der Waals surface area contributed by atoms with Crippen LogP contribution in [0.15, 0.2) is 77.6 Å². The first-order chi connectivity index (χ1) is 15.4. The number of carbonyl (C=O) groups is 2. The SMILES string of the molecule is NC(=O)c1nn(CC(=O)Nc2ccccc2Oc2ccccc2Cl)c(=O)c2ccccc12. The summed E-state index contributed by atoms with van der Waals surface area (Å²) >= 11 is 6.15. The predicted molar refractivity (Wildman–Crippen MR) is 121 cm³/mol. The molecular formula is C23H17ClN4O4. The minimum atomic E-state index is -0.797. The zero-order valence-electron chi connectivity index (χ0n) is 16.6.